The molecule has 2 nitrogen and oxygen atoms in total. The predicted molar refractivity (Wildman–Crippen MR) is 133 cm³/mol. The molecule has 1 heterocycles. The standard InChI is InChI=1S/C23H22I2N2.HI/c1-23(2)21(27(3)20-16-17(24)15-19(25)22(20)23)13-9-4-5-10-14-26-18-11-7-6-8-12-18;/h4-16H,1-3H3;1H. The molecule has 0 unspecified atom stereocenters. The van der Waals surface area contributed by atoms with E-state index in [1.54, 1.807) is 0 Å². The maximum Gasteiger partial charge on any atom is 0.211 e. The number of rotatable bonds is 5. The molecule has 1 aliphatic heterocycles. The van der Waals surface area contributed by atoms with Gasteiger partial charge in [0, 0.05) is 31.2 Å². The molecule has 5 heteroatoms. The zero-order valence-corrected chi connectivity index (χ0v) is 22.6. The first kappa shape index (κ1) is 23.6. The van der Waals surface area contributed by atoms with E-state index in [-0.39, 0.29) is 29.4 Å². The lowest BCUT2D eigenvalue weighted by atomic mass is 9.81. The maximum atomic E-state index is 3.25. The highest BCUT2D eigenvalue weighted by molar-refractivity contribution is 14.1. The fourth-order valence-corrected chi connectivity index (χ4v) is 5.94. The molecule has 0 bridgehead atoms. The minimum absolute atomic E-state index is 0. The van der Waals surface area contributed by atoms with Gasteiger partial charge in [0.1, 0.15) is 7.05 Å². The summed E-state index contributed by atoms with van der Waals surface area (Å²) in [6.45, 7) is 4.61. The molecule has 3 rings (SSSR count). The van der Waals surface area contributed by atoms with E-state index in [2.05, 4.69) is 106 Å². The number of allylic oxidation sites excluding steroid dienone is 5. The molecule has 146 valence electrons. The van der Waals surface area contributed by atoms with Crippen molar-refractivity contribution in [2.45, 2.75) is 19.3 Å². The average molecular weight is 708 g/mol. The summed E-state index contributed by atoms with van der Waals surface area (Å²) in [6, 6.07) is 14.7. The molecule has 28 heavy (non-hydrogen) atoms. The van der Waals surface area contributed by atoms with Gasteiger partial charge in [-0.3, -0.25) is 0 Å². The quantitative estimate of drug-likeness (QED) is 0.285. The number of anilines is 1. The van der Waals surface area contributed by atoms with Crippen LogP contribution in [0, 0.1) is 7.14 Å². The highest BCUT2D eigenvalue weighted by atomic mass is 127. The molecule has 2 aromatic rings. The van der Waals surface area contributed by atoms with Crippen molar-refractivity contribution >= 4 is 62.3 Å². The summed E-state index contributed by atoms with van der Waals surface area (Å²) < 4.78 is 4.93. The van der Waals surface area contributed by atoms with Gasteiger partial charge in [0.05, 0.1) is 11.0 Å². The van der Waals surface area contributed by atoms with Gasteiger partial charge >= 0.3 is 0 Å². The van der Waals surface area contributed by atoms with Crippen LogP contribution in [-0.4, -0.2) is 17.3 Å². The van der Waals surface area contributed by atoms with Gasteiger partial charge < -0.3 is 29.3 Å². The lowest BCUT2D eigenvalue weighted by Gasteiger charge is -2.17. The van der Waals surface area contributed by atoms with Crippen molar-refractivity contribution in [2.24, 2.45) is 0 Å². The highest BCUT2D eigenvalue weighted by Gasteiger charge is 2.44. The van der Waals surface area contributed by atoms with Gasteiger partial charge in [-0.15, -0.1) is 0 Å². The molecule has 1 aliphatic rings. The molecule has 0 aliphatic carbocycles. The van der Waals surface area contributed by atoms with E-state index in [1.165, 1.54) is 24.1 Å². The summed E-state index contributed by atoms with van der Waals surface area (Å²) in [5, 5.41) is 3.25. The van der Waals surface area contributed by atoms with E-state index in [0.717, 1.165) is 5.69 Å². The Morgan fingerprint density at radius 1 is 0.964 bits per heavy atom. The number of nitrogens with zero attached hydrogens (tertiary/aromatic N) is 1. The maximum absolute atomic E-state index is 3.25. The Hall–Kier alpha value is -0.680. The minimum Gasteiger partial charge on any atom is -1.00 e. The summed E-state index contributed by atoms with van der Waals surface area (Å²) >= 11 is 4.86. The monoisotopic (exact) mass is 708 g/mol. The van der Waals surface area contributed by atoms with E-state index >= 15 is 0 Å². The van der Waals surface area contributed by atoms with Crippen LogP contribution >= 0.6 is 45.2 Å². The van der Waals surface area contributed by atoms with Crippen LogP contribution in [-0.2, 0) is 5.41 Å². The summed E-state index contributed by atoms with van der Waals surface area (Å²) in [5.74, 6) is 0. The van der Waals surface area contributed by atoms with Crippen molar-refractivity contribution in [1.82, 2.24) is 0 Å². The third kappa shape index (κ3) is 5.27. The second-order valence-electron chi connectivity index (χ2n) is 6.96. The van der Waals surface area contributed by atoms with E-state index in [1.807, 2.05) is 48.7 Å². The molecule has 0 aromatic heterocycles. The SMILES string of the molecule is C[N+]1=C(C=CC=CC=CNc2ccccc2)C(C)(C)c2c(I)cc(I)cc21.[I-]. The Balaban J connectivity index is 0.00000280. The summed E-state index contributed by atoms with van der Waals surface area (Å²) in [4.78, 5) is 0. The van der Waals surface area contributed by atoms with Gasteiger partial charge in [-0.25, -0.2) is 0 Å². The van der Waals surface area contributed by atoms with Crippen LogP contribution in [0.3, 0.4) is 0 Å². The zero-order valence-electron chi connectivity index (χ0n) is 16.1. The van der Waals surface area contributed by atoms with Crippen molar-refractivity contribution in [3.05, 3.63) is 91.7 Å². The molecule has 0 saturated heterocycles. The van der Waals surface area contributed by atoms with E-state index in [4.69, 9.17) is 0 Å². The van der Waals surface area contributed by atoms with Crippen LogP contribution in [0.5, 0.6) is 0 Å². The van der Waals surface area contributed by atoms with Crippen LogP contribution in [0.25, 0.3) is 0 Å². The fraction of sp³-hybridized carbons (Fsp3) is 0.174. The number of fused-ring (bicyclic) bond motifs is 1. The zero-order chi connectivity index (χ0) is 19.4. The Morgan fingerprint density at radius 3 is 2.36 bits per heavy atom. The first-order valence-electron chi connectivity index (χ1n) is 8.83. The number of halogens is 3. The number of nitrogens with one attached hydrogen (secondary N) is 1. The minimum atomic E-state index is -0.00000913. The van der Waals surface area contributed by atoms with Crippen LogP contribution in [0.2, 0.25) is 0 Å². The van der Waals surface area contributed by atoms with Gasteiger partial charge in [0.25, 0.3) is 0 Å². The molecular weight excluding hydrogens is 685 g/mol. The van der Waals surface area contributed by atoms with Crippen molar-refractivity contribution in [2.75, 3.05) is 12.4 Å². The van der Waals surface area contributed by atoms with Gasteiger partial charge in [0.2, 0.25) is 5.69 Å². The number of hydrogen-bond acceptors (Lipinski definition) is 1. The molecule has 2 aromatic carbocycles. The van der Waals surface area contributed by atoms with Crippen molar-refractivity contribution < 1.29 is 28.6 Å². The van der Waals surface area contributed by atoms with Crippen LogP contribution < -0.4 is 29.3 Å². The Kier molecular flexibility index (Phi) is 8.75. The predicted octanol–water partition coefficient (Wildman–Crippen LogP) is 3.64. The van der Waals surface area contributed by atoms with Crippen LogP contribution in [0.1, 0.15) is 19.4 Å². The van der Waals surface area contributed by atoms with E-state index < -0.39 is 0 Å². The number of para-hydroxylation sites is 1. The molecule has 0 fully saturated rings. The van der Waals surface area contributed by atoms with E-state index in [0.29, 0.717) is 0 Å². The molecule has 1 N–H and O–H groups in total. The Labute approximate surface area is 212 Å². The lowest BCUT2D eigenvalue weighted by molar-refractivity contribution is -0.401. The molecule has 0 radical (unpaired) electrons. The third-order valence-corrected chi connectivity index (χ3v) is 6.20. The Bertz CT molecular complexity index is 955. The molecule has 0 amide bonds. The lowest BCUT2D eigenvalue weighted by Crippen LogP contribution is -3.00. The summed E-state index contributed by atoms with van der Waals surface area (Å²) in [6.07, 6.45) is 12.4. The highest BCUT2D eigenvalue weighted by Crippen LogP contribution is 2.42. The van der Waals surface area contributed by atoms with Crippen molar-refractivity contribution in [3.8, 4) is 0 Å². The molecule has 0 saturated carbocycles. The van der Waals surface area contributed by atoms with Gasteiger partial charge in [0.15, 0.2) is 5.71 Å². The summed E-state index contributed by atoms with van der Waals surface area (Å²) in [7, 11) is 2.16. The number of benzene rings is 2. The van der Waals surface area contributed by atoms with E-state index in [9.17, 15) is 0 Å². The molecule has 0 spiro atoms. The molecule has 0 atom stereocenters. The second kappa shape index (κ2) is 10.4. The van der Waals surface area contributed by atoms with Crippen LogP contribution in [0.15, 0.2) is 79.0 Å². The van der Waals surface area contributed by atoms with Gasteiger partial charge in [-0.2, -0.15) is 4.58 Å². The first-order chi connectivity index (χ1) is 12.9. The largest absolute Gasteiger partial charge is 1.00 e. The smallest absolute Gasteiger partial charge is 0.211 e. The third-order valence-electron chi connectivity index (χ3n) is 4.73. The molecular formula is C23H23I3N2. The fourth-order valence-electron chi connectivity index (χ4n) is 3.45. The topological polar surface area (TPSA) is 15.0 Å². The number of hydrogen-bond donors (Lipinski definition) is 1. The summed E-state index contributed by atoms with van der Waals surface area (Å²) in [5.41, 5.74) is 5.13. The van der Waals surface area contributed by atoms with Crippen LogP contribution in [0.4, 0.5) is 11.4 Å². The Morgan fingerprint density at radius 2 is 1.64 bits per heavy atom. The average Bonchev–Trinajstić information content (AvgIpc) is 2.81. The van der Waals surface area contributed by atoms with Crippen molar-refractivity contribution in [1.29, 1.82) is 0 Å². The first-order valence-corrected chi connectivity index (χ1v) is 11.0. The van der Waals surface area contributed by atoms with Crippen molar-refractivity contribution in [3.63, 3.8) is 0 Å². The second-order valence-corrected chi connectivity index (χ2v) is 9.37. The normalized spacial score (nSPS) is 15.5. The van der Waals surface area contributed by atoms with Gasteiger partial charge in [-0.05, 0) is 83.3 Å². The van der Waals surface area contributed by atoms with Gasteiger partial charge in [-0.1, -0.05) is 36.4 Å².